The van der Waals surface area contributed by atoms with Gasteiger partial charge in [0.2, 0.25) is 17.7 Å². The molecule has 1 saturated heterocycles. The minimum atomic E-state index is -0.498. The Hall–Kier alpha value is -5.35. The first-order chi connectivity index (χ1) is 21.0. The number of esters is 1. The number of nitriles is 1. The normalized spacial score (nSPS) is 13.7. The smallest absolute Gasteiger partial charge is 0.337 e. The Morgan fingerprint density at radius 2 is 1.91 bits per heavy atom. The molecule has 0 spiro atoms. The van der Waals surface area contributed by atoms with E-state index < -0.39 is 11.8 Å². The van der Waals surface area contributed by atoms with Crippen molar-refractivity contribution in [1.29, 1.82) is 5.26 Å². The standard InChI is InChI=1S/C30H27FN8O4/c1-41-29(40)21-4-5-24-25(15-21)39(18-28-33-8-13-42-28)26(35-24)17-37-9-11-38(12-10-37)30-34-7-6-27(36-30)43-19-22-3-2-20(16-32)14-23(22)31/h2-8,13-15H,9-12,17-19H2,1H3. The number of aromatic nitrogens is 5. The molecule has 0 N–H and O–H groups in total. The van der Waals surface area contributed by atoms with Gasteiger partial charge < -0.3 is 23.4 Å². The second kappa shape index (κ2) is 12.3. The molecule has 1 fully saturated rings. The molecule has 0 saturated carbocycles. The summed E-state index contributed by atoms with van der Waals surface area (Å²) in [5.74, 6) is 1.32. The maximum atomic E-state index is 14.2. The lowest BCUT2D eigenvalue weighted by atomic mass is 10.1. The molecule has 0 atom stereocenters. The van der Waals surface area contributed by atoms with E-state index in [0.29, 0.717) is 55.0 Å². The number of oxazole rings is 1. The van der Waals surface area contributed by atoms with E-state index in [1.165, 1.54) is 25.5 Å². The summed E-state index contributed by atoms with van der Waals surface area (Å²) in [6.45, 7) is 3.77. The third-order valence-electron chi connectivity index (χ3n) is 7.22. The van der Waals surface area contributed by atoms with Crippen LogP contribution in [0.4, 0.5) is 10.3 Å². The van der Waals surface area contributed by atoms with E-state index in [9.17, 15) is 9.18 Å². The minimum absolute atomic E-state index is 0.0164. The second-order valence-electron chi connectivity index (χ2n) is 9.90. The number of benzene rings is 2. The molecule has 2 aromatic carbocycles. The number of rotatable bonds is 9. The number of fused-ring (bicyclic) bond motifs is 1. The first-order valence-electron chi connectivity index (χ1n) is 13.6. The molecule has 0 unspecified atom stereocenters. The number of nitrogens with zero attached hydrogens (tertiary/aromatic N) is 8. The molecule has 0 radical (unpaired) electrons. The molecular weight excluding hydrogens is 555 g/mol. The number of methoxy groups -OCH3 is 1. The average Bonchev–Trinajstić information content (AvgIpc) is 3.68. The highest BCUT2D eigenvalue weighted by Gasteiger charge is 2.23. The second-order valence-corrected chi connectivity index (χ2v) is 9.90. The molecule has 0 aliphatic carbocycles. The van der Waals surface area contributed by atoms with Crippen LogP contribution in [0.3, 0.4) is 0 Å². The van der Waals surface area contributed by atoms with E-state index in [-0.39, 0.29) is 12.2 Å². The van der Waals surface area contributed by atoms with E-state index in [4.69, 9.17) is 24.1 Å². The van der Waals surface area contributed by atoms with Gasteiger partial charge in [-0.05, 0) is 30.3 Å². The van der Waals surface area contributed by atoms with Crippen molar-refractivity contribution in [2.45, 2.75) is 19.7 Å². The van der Waals surface area contributed by atoms with Crippen LogP contribution in [0.2, 0.25) is 0 Å². The Balaban J connectivity index is 1.12. The van der Waals surface area contributed by atoms with Crippen LogP contribution in [-0.4, -0.2) is 68.7 Å². The number of piperazine rings is 1. The summed E-state index contributed by atoms with van der Waals surface area (Å²) < 4.78 is 32.4. The van der Waals surface area contributed by atoms with Crippen molar-refractivity contribution in [1.82, 2.24) is 29.4 Å². The molecule has 218 valence electrons. The predicted octanol–water partition coefficient (Wildman–Crippen LogP) is 3.56. The zero-order chi connectivity index (χ0) is 29.8. The van der Waals surface area contributed by atoms with Crippen molar-refractivity contribution in [3.63, 3.8) is 0 Å². The molecule has 6 rings (SSSR count). The number of ether oxygens (including phenoxy) is 2. The van der Waals surface area contributed by atoms with Crippen molar-refractivity contribution in [3.8, 4) is 11.9 Å². The van der Waals surface area contributed by atoms with E-state index in [1.807, 2.05) is 16.7 Å². The topological polar surface area (TPSA) is 135 Å². The van der Waals surface area contributed by atoms with Crippen LogP contribution in [0.25, 0.3) is 11.0 Å². The van der Waals surface area contributed by atoms with Gasteiger partial charge in [0.1, 0.15) is 31.1 Å². The molecule has 1 aliphatic heterocycles. The lowest BCUT2D eigenvalue weighted by Crippen LogP contribution is -2.46. The number of anilines is 1. The maximum absolute atomic E-state index is 14.2. The van der Waals surface area contributed by atoms with E-state index in [2.05, 4.69) is 24.8 Å². The largest absolute Gasteiger partial charge is 0.473 e. The van der Waals surface area contributed by atoms with Crippen LogP contribution in [0.5, 0.6) is 5.88 Å². The van der Waals surface area contributed by atoms with Crippen molar-refractivity contribution < 1.29 is 23.1 Å². The number of hydrogen-bond acceptors (Lipinski definition) is 11. The van der Waals surface area contributed by atoms with Gasteiger partial charge in [0.25, 0.3) is 0 Å². The number of hydrogen-bond donors (Lipinski definition) is 0. The number of halogens is 1. The Kier molecular flexibility index (Phi) is 7.92. The van der Waals surface area contributed by atoms with Gasteiger partial charge in [0, 0.05) is 44.0 Å². The molecule has 0 amide bonds. The monoisotopic (exact) mass is 582 g/mol. The summed E-state index contributed by atoms with van der Waals surface area (Å²) in [7, 11) is 1.36. The molecule has 1 aliphatic rings. The van der Waals surface area contributed by atoms with E-state index >= 15 is 0 Å². The van der Waals surface area contributed by atoms with Crippen LogP contribution >= 0.6 is 0 Å². The van der Waals surface area contributed by atoms with Gasteiger partial charge in [-0.1, -0.05) is 6.07 Å². The SMILES string of the molecule is COC(=O)c1ccc2nc(CN3CCN(c4nccc(OCc5ccc(C#N)cc5F)n4)CC3)n(Cc3ncco3)c2c1. The van der Waals surface area contributed by atoms with Crippen LogP contribution in [0, 0.1) is 17.1 Å². The number of imidazole rings is 1. The lowest BCUT2D eigenvalue weighted by molar-refractivity contribution is 0.0601. The fourth-order valence-electron chi connectivity index (χ4n) is 4.94. The molecule has 4 heterocycles. The van der Waals surface area contributed by atoms with E-state index in [0.717, 1.165) is 29.9 Å². The number of carbonyl (C=O) groups is 1. The van der Waals surface area contributed by atoms with Gasteiger partial charge in [-0.15, -0.1) is 0 Å². The molecular formula is C30H27FN8O4. The maximum Gasteiger partial charge on any atom is 0.337 e. The van der Waals surface area contributed by atoms with Gasteiger partial charge >= 0.3 is 5.97 Å². The van der Waals surface area contributed by atoms with Crippen LogP contribution < -0.4 is 9.64 Å². The van der Waals surface area contributed by atoms with Gasteiger partial charge in [-0.25, -0.2) is 24.1 Å². The van der Waals surface area contributed by atoms with Gasteiger partial charge in [0.05, 0.1) is 48.1 Å². The highest BCUT2D eigenvalue weighted by Crippen LogP contribution is 2.23. The molecule has 0 bridgehead atoms. The van der Waals surface area contributed by atoms with Crippen molar-refractivity contribution >= 4 is 23.0 Å². The van der Waals surface area contributed by atoms with Gasteiger partial charge in [0.15, 0.2) is 0 Å². The fourth-order valence-corrected chi connectivity index (χ4v) is 4.94. The summed E-state index contributed by atoms with van der Waals surface area (Å²) in [5, 5.41) is 8.93. The summed E-state index contributed by atoms with van der Waals surface area (Å²) in [4.78, 5) is 34.6. The fraction of sp³-hybridized carbons (Fsp3) is 0.267. The summed E-state index contributed by atoms with van der Waals surface area (Å²) in [6.07, 6.45) is 4.74. The Morgan fingerprint density at radius 3 is 2.65 bits per heavy atom. The van der Waals surface area contributed by atoms with Gasteiger partial charge in [-0.3, -0.25) is 4.90 Å². The Morgan fingerprint density at radius 1 is 1.05 bits per heavy atom. The zero-order valence-electron chi connectivity index (χ0n) is 23.3. The Labute approximate surface area is 245 Å². The first-order valence-corrected chi connectivity index (χ1v) is 13.6. The highest BCUT2D eigenvalue weighted by atomic mass is 19.1. The van der Waals surface area contributed by atoms with E-state index in [1.54, 1.807) is 36.7 Å². The minimum Gasteiger partial charge on any atom is -0.473 e. The van der Waals surface area contributed by atoms with Crippen LogP contribution in [0.15, 0.2) is 65.5 Å². The zero-order valence-corrected chi connectivity index (χ0v) is 23.3. The summed E-state index contributed by atoms with van der Waals surface area (Å²) in [6, 6.07) is 13.1. The number of carbonyl (C=O) groups excluding carboxylic acids is 1. The Bertz CT molecular complexity index is 1790. The van der Waals surface area contributed by atoms with Crippen LogP contribution in [0.1, 0.15) is 33.2 Å². The quantitative estimate of drug-likeness (QED) is 0.236. The highest BCUT2D eigenvalue weighted by molar-refractivity contribution is 5.93. The molecule has 43 heavy (non-hydrogen) atoms. The van der Waals surface area contributed by atoms with Crippen molar-refractivity contribution in [2.75, 3.05) is 38.2 Å². The molecule has 13 heteroatoms. The summed E-state index contributed by atoms with van der Waals surface area (Å²) in [5.41, 5.74) is 2.59. The molecule has 12 nitrogen and oxygen atoms in total. The third kappa shape index (κ3) is 6.14. The van der Waals surface area contributed by atoms with Gasteiger partial charge in [-0.2, -0.15) is 10.2 Å². The van der Waals surface area contributed by atoms with Crippen LogP contribution in [-0.2, 0) is 24.4 Å². The predicted molar refractivity (Wildman–Crippen MR) is 152 cm³/mol. The van der Waals surface area contributed by atoms with Crippen molar-refractivity contribution in [2.24, 2.45) is 0 Å². The third-order valence-corrected chi connectivity index (χ3v) is 7.22. The first kappa shape index (κ1) is 27.8. The van der Waals surface area contributed by atoms with Crippen molar-refractivity contribution in [3.05, 3.63) is 95.3 Å². The summed E-state index contributed by atoms with van der Waals surface area (Å²) >= 11 is 0. The average molecular weight is 583 g/mol. The molecule has 5 aromatic rings. The lowest BCUT2D eigenvalue weighted by Gasteiger charge is -2.34. The molecule has 3 aromatic heterocycles.